The molecule has 0 spiro atoms. The number of nitrogens with zero attached hydrogens (tertiary/aromatic N) is 4. The van der Waals surface area contributed by atoms with Crippen LogP contribution in [-0.2, 0) is 18.3 Å². The maximum absolute atomic E-state index is 12.6. The van der Waals surface area contributed by atoms with Gasteiger partial charge in [0.25, 0.3) is 0 Å². The number of aryl methyl sites for hydroxylation is 1. The standard InChI is InChI=1S/C21H31N5O3/c1-3-29-14-8-12-22-20(27)25-13-7-11-18(16-25)19-23-24(2)21(28)26(19)15-17-9-5-4-6-10-17/h4-6,9-10,18H,3,7-8,11-16H2,1-2H3,(H,22,27). The number of likely N-dealkylation sites (tertiary alicyclic amines) is 1. The van der Waals surface area contributed by atoms with Crippen molar-refractivity contribution in [1.29, 1.82) is 0 Å². The van der Waals surface area contributed by atoms with Crippen LogP contribution in [0.3, 0.4) is 0 Å². The highest BCUT2D eigenvalue weighted by Crippen LogP contribution is 2.25. The summed E-state index contributed by atoms with van der Waals surface area (Å²) in [5, 5.41) is 7.48. The number of amides is 2. The molecule has 0 radical (unpaired) electrons. The molecule has 8 nitrogen and oxygen atoms in total. The number of carbonyl (C=O) groups excluding carboxylic acids is 1. The van der Waals surface area contributed by atoms with Gasteiger partial charge in [-0.15, -0.1) is 0 Å². The predicted molar refractivity (Wildman–Crippen MR) is 111 cm³/mol. The second-order valence-corrected chi connectivity index (χ2v) is 7.40. The van der Waals surface area contributed by atoms with Crippen LogP contribution in [-0.4, -0.2) is 58.1 Å². The molecule has 1 unspecified atom stereocenters. The smallest absolute Gasteiger partial charge is 0.345 e. The van der Waals surface area contributed by atoms with Gasteiger partial charge in [0.1, 0.15) is 5.82 Å². The molecular formula is C21H31N5O3. The molecule has 1 fully saturated rings. The van der Waals surface area contributed by atoms with E-state index in [0.717, 1.165) is 37.2 Å². The summed E-state index contributed by atoms with van der Waals surface area (Å²) in [6.07, 6.45) is 2.61. The van der Waals surface area contributed by atoms with Crippen LogP contribution >= 0.6 is 0 Å². The van der Waals surface area contributed by atoms with E-state index in [1.54, 1.807) is 11.6 Å². The van der Waals surface area contributed by atoms with Crippen LogP contribution in [0.2, 0.25) is 0 Å². The van der Waals surface area contributed by atoms with E-state index in [-0.39, 0.29) is 17.6 Å². The molecule has 0 bridgehead atoms. The van der Waals surface area contributed by atoms with Crippen LogP contribution in [0.25, 0.3) is 0 Å². The Morgan fingerprint density at radius 2 is 2.10 bits per heavy atom. The third-order valence-electron chi connectivity index (χ3n) is 5.24. The first-order chi connectivity index (χ1) is 14.1. The molecule has 1 atom stereocenters. The minimum absolute atomic E-state index is 0.0514. The fraction of sp³-hybridized carbons (Fsp3) is 0.571. The number of rotatable bonds is 8. The fourth-order valence-corrected chi connectivity index (χ4v) is 3.74. The van der Waals surface area contributed by atoms with Crippen LogP contribution in [0, 0.1) is 0 Å². The Labute approximate surface area is 171 Å². The van der Waals surface area contributed by atoms with Crippen molar-refractivity contribution in [3.8, 4) is 0 Å². The minimum Gasteiger partial charge on any atom is -0.382 e. The van der Waals surface area contributed by atoms with Gasteiger partial charge in [-0.05, 0) is 31.7 Å². The van der Waals surface area contributed by atoms with Gasteiger partial charge in [-0.3, -0.25) is 4.57 Å². The predicted octanol–water partition coefficient (Wildman–Crippen LogP) is 1.95. The van der Waals surface area contributed by atoms with Crippen molar-refractivity contribution < 1.29 is 9.53 Å². The Balaban J connectivity index is 1.66. The molecular weight excluding hydrogens is 370 g/mol. The Hall–Kier alpha value is -2.61. The number of urea groups is 1. The van der Waals surface area contributed by atoms with Gasteiger partial charge in [0.2, 0.25) is 0 Å². The first kappa shape index (κ1) is 21.1. The van der Waals surface area contributed by atoms with Crippen molar-refractivity contribution in [3.63, 3.8) is 0 Å². The molecule has 3 rings (SSSR count). The molecule has 8 heteroatoms. The normalized spacial score (nSPS) is 16.8. The van der Waals surface area contributed by atoms with E-state index in [2.05, 4.69) is 10.4 Å². The topological polar surface area (TPSA) is 81.4 Å². The Bertz CT molecular complexity index is 846. The molecule has 1 aliphatic rings. The van der Waals surface area contributed by atoms with Gasteiger partial charge < -0.3 is 15.0 Å². The minimum atomic E-state index is -0.124. The summed E-state index contributed by atoms with van der Waals surface area (Å²) in [5.41, 5.74) is 0.935. The van der Waals surface area contributed by atoms with Gasteiger partial charge in [-0.1, -0.05) is 30.3 Å². The van der Waals surface area contributed by atoms with E-state index in [4.69, 9.17) is 4.74 Å². The van der Waals surface area contributed by atoms with Crippen molar-refractivity contribution in [2.24, 2.45) is 7.05 Å². The van der Waals surface area contributed by atoms with Crippen LogP contribution in [0.15, 0.2) is 35.1 Å². The molecule has 2 aromatic rings. The van der Waals surface area contributed by atoms with Gasteiger partial charge in [0, 0.05) is 45.8 Å². The number of hydrogen-bond donors (Lipinski definition) is 1. The molecule has 1 saturated heterocycles. The lowest BCUT2D eigenvalue weighted by Gasteiger charge is -2.32. The lowest BCUT2D eigenvalue weighted by Crippen LogP contribution is -2.45. The average molecular weight is 402 g/mol. The summed E-state index contributed by atoms with van der Waals surface area (Å²) in [7, 11) is 1.68. The largest absolute Gasteiger partial charge is 0.382 e. The monoisotopic (exact) mass is 401 g/mol. The van der Waals surface area contributed by atoms with Crippen molar-refractivity contribution >= 4 is 6.03 Å². The highest BCUT2D eigenvalue weighted by Gasteiger charge is 2.29. The van der Waals surface area contributed by atoms with Gasteiger partial charge in [-0.25, -0.2) is 14.3 Å². The lowest BCUT2D eigenvalue weighted by molar-refractivity contribution is 0.143. The highest BCUT2D eigenvalue weighted by molar-refractivity contribution is 5.74. The first-order valence-electron chi connectivity index (χ1n) is 10.4. The summed E-state index contributed by atoms with van der Waals surface area (Å²) in [5.74, 6) is 0.811. The maximum Gasteiger partial charge on any atom is 0.345 e. The number of hydrogen-bond acceptors (Lipinski definition) is 4. The molecule has 0 aliphatic carbocycles. The SMILES string of the molecule is CCOCCCNC(=O)N1CCCC(c2nn(C)c(=O)n2Cc2ccccc2)C1. The molecule has 2 amide bonds. The Morgan fingerprint density at radius 1 is 1.31 bits per heavy atom. The van der Waals surface area contributed by atoms with E-state index < -0.39 is 0 Å². The average Bonchev–Trinajstić information content (AvgIpc) is 3.03. The third-order valence-corrected chi connectivity index (χ3v) is 5.24. The van der Waals surface area contributed by atoms with Gasteiger partial charge >= 0.3 is 11.7 Å². The molecule has 1 N–H and O–H groups in total. The number of carbonyl (C=O) groups is 1. The molecule has 1 aliphatic heterocycles. The fourth-order valence-electron chi connectivity index (χ4n) is 3.74. The zero-order valence-electron chi connectivity index (χ0n) is 17.3. The van der Waals surface area contributed by atoms with Crippen molar-refractivity contribution in [2.75, 3.05) is 32.8 Å². The van der Waals surface area contributed by atoms with Crippen LogP contribution in [0.5, 0.6) is 0 Å². The summed E-state index contributed by atoms with van der Waals surface area (Å²) in [6, 6.07) is 9.85. The first-order valence-corrected chi connectivity index (χ1v) is 10.4. The second kappa shape index (κ2) is 10.2. The van der Waals surface area contributed by atoms with Crippen molar-refractivity contribution in [3.05, 3.63) is 52.2 Å². The van der Waals surface area contributed by atoms with E-state index in [9.17, 15) is 9.59 Å². The summed E-state index contributed by atoms with van der Waals surface area (Å²) in [4.78, 5) is 27.0. The molecule has 0 saturated carbocycles. The highest BCUT2D eigenvalue weighted by atomic mass is 16.5. The third kappa shape index (κ3) is 5.47. The summed E-state index contributed by atoms with van der Waals surface area (Å²) >= 11 is 0. The molecule has 1 aromatic heterocycles. The number of nitrogens with one attached hydrogen (secondary N) is 1. The number of ether oxygens (including phenoxy) is 1. The molecule has 2 heterocycles. The number of aromatic nitrogens is 3. The van der Waals surface area contributed by atoms with E-state index in [1.807, 2.05) is 42.2 Å². The zero-order valence-corrected chi connectivity index (χ0v) is 17.3. The lowest BCUT2D eigenvalue weighted by atomic mass is 9.97. The van der Waals surface area contributed by atoms with Gasteiger partial charge in [-0.2, -0.15) is 5.10 Å². The quantitative estimate of drug-likeness (QED) is 0.686. The number of piperidine rings is 1. The van der Waals surface area contributed by atoms with E-state index in [0.29, 0.717) is 32.8 Å². The molecule has 29 heavy (non-hydrogen) atoms. The molecule has 1 aromatic carbocycles. The second-order valence-electron chi connectivity index (χ2n) is 7.40. The van der Waals surface area contributed by atoms with E-state index in [1.165, 1.54) is 4.68 Å². The number of benzene rings is 1. The summed E-state index contributed by atoms with van der Waals surface area (Å²) in [6.45, 7) is 5.69. The van der Waals surface area contributed by atoms with Gasteiger partial charge in [0.15, 0.2) is 0 Å². The Morgan fingerprint density at radius 3 is 2.86 bits per heavy atom. The van der Waals surface area contributed by atoms with E-state index >= 15 is 0 Å². The molecule has 158 valence electrons. The van der Waals surface area contributed by atoms with Crippen LogP contribution in [0.1, 0.15) is 43.5 Å². The summed E-state index contributed by atoms with van der Waals surface area (Å²) < 4.78 is 8.44. The van der Waals surface area contributed by atoms with Crippen LogP contribution in [0.4, 0.5) is 4.79 Å². The maximum atomic E-state index is 12.6. The van der Waals surface area contributed by atoms with Crippen molar-refractivity contribution in [2.45, 2.75) is 38.6 Å². The Kier molecular flexibility index (Phi) is 7.46. The van der Waals surface area contributed by atoms with Crippen molar-refractivity contribution in [1.82, 2.24) is 24.6 Å². The van der Waals surface area contributed by atoms with Crippen LogP contribution < -0.4 is 11.0 Å². The van der Waals surface area contributed by atoms with Gasteiger partial charge in [0.05, 0.1) is 6.54 Å². The zero-order chi connectivity index (χ0) is 20.6.